The summed E-state index contributed by atoms with van der Waals surface area (Å²) in [6, 6.07) is 9.88. The molecular formula is C17H25N5. The lowest BCUT2D eigenvalue weighted by Crippen LogP contribution is -2.65. The lowest BCUT2D eigenvalue weighted by atomic mass is 9.60. The highest BCUT2D eigenvalue weighted by atomic mass is 15.2. The van der Waals surface area contributed by atoms with Gasteiger partial charge in [0, 0.05) is 37.3 Å². The number of likely N-dealkylation sites (tertiary alicyclic amines) is 1. The van der Waals surface area contributed by atoms with Crippen LogP contribution in [-0.4, -0.2) is 35.9 Å². The summed E-state index contributed by atoms with van der Waals surface area (Å²) in [5.74, 6) is 5.59. The number of rotatable bonds is 5. The molecule has 1 spiro atoms. The number of hydrogen-bond acceptors (Lipinski definition) is 4. The SMILES string of the molecule is NN=C(N)c1ccc(CN2CC3(CC(NC4CC4)C3)C2)cc1. The fraction of sp³-hybridized carbons (Fsp3) is 0.588. The molecule has 2 saturated carbocycles. The maximum atomic E-state index is 5.70. The molecule has 0 amide bonds. The van der Waals surface area contributed by atoms with Gasteiger partial charge in [-0.05, 0) is 36.7 Å². The van der Waals surface area contributed by atoms with Crippen LogP contribution in [0, 0.1) is 5.41 Å². The van der Waals surface area contributed by atoms with Gasteiger partial charge in [0.05, 0.1) is 0 Å². The van der Waals surface area contributed by atoms with E-state index in [2.05, 4.69) is 27.5 Å². The Morgan fingerprint density at radius 1 is 1.18 bits per heavy atom. The second-order valence-electron chi connectivity index (χ2n) is 7.40. The van der Waals surface area contributed by atoms with Gasteiger partial charge in [0.25, 0.3) is 0 Å². The van der Waals surface area contributed by atoms with E-state index in [1.807, 2.05) is 12.1 Å². The van der Waals surface area contributed by atoms with Gasteiger partial charge in [0.2, 0.25) is 0 Å². The topological polar surface area (TPSA) is 79.7 Å². The summed E-state index contributed by atoms with van der Waals surface area (Å²) in [7, 11) is 0. The summed E-state index contributed by atoms with van der Waals surface area (Å²) in [4.78, 5) is 2.54. The van der Waals surface area contributed by atoms with Crippen molar-refractivity contribution in [3.63, 3.8) is 0 Å². The standard InChI is InChI=1S/C17H25N5/c18-16(21-19)13-3-1-12(2-4-13)9-22-10-17(11-22)7-15(8-17)20-14-5-6-14/h1-4,14-15,20H,5-11,19H2,(H2,18,21). The predicted molar refractivity (Wildman–Crippen MR) is 88.2 cm³/mol. The van der Waals surface area contributed by atoms with Crippen LogP contribution in [-0.2, 0) is 6.54 Å². The van der Waals surface area contributed by atoms with Crippen molar-refractivity contribution in [2.24, 2.45) is 22.1 Å². The maximum absolute atomic E-state index is 5.70. The Morgan fingerprint density at radius 2 is 1.86 bits per heavy atom. The molecule has 1 saturated heterocycles. The number of nitrogens with two attached hydrogens (primary N) is 2. The number of amidine groups is 1. The molecule has 4 rings (SSSR count). The van der Waals surface area contributed by atoms with Gasteiger partial charge >= 0.3 is 0 Å². The first-order chi connectivity index (χ1) is 10.7. The Balaban J connectivity index is 1.24. The van der Waals surface area contributed by atoms with E-state index in [0.29, 0.717) is 11.3 Å². The van der Waals surface area contributed by atoms with E-state index in [-0.39, 0.29) is 0 Å². The second kappa shape index (κ2) is 5.25. The third-order valence-corrected chi connectivity index (χ3v) is 5.32. The van der Waals surface area contributed by atoms with Crippen molar-refractivity contribution >= 4 is 5.84 Å². The monoisotopic (exact) mass is 299 g/mol. The molecule has 0 unspecified atom stereocenters. The molecule has 5 heteroatoms. The van der Waals surface area contributed by atoms with E-state index in [0.717, 1.165) is 24.2 Å². The van der Waals surface area contributed by atoms with E-state index in [1.54, 1.807) is 0 Å². The van der Waals surface area contributed by atoms with Crippen molar-refractivity contribution in [1.82, 2.24) is 10.2 Å². The number of hydrogen-bond donors (Lipinski definition) is 3. The number of benzene rings is 1. The third-order valence-electron chi connectivity index (χ3n) is 5.32. The molecule has 2 aliphatic carbocycles. The Bertz CT molecular complexity index is 561. The quantitative estimate of drug-likeness (QED) is 0.328. The van der Waals surface area contributed by atoms with E-state index in [9.17, 15) is 0 Å². The van der Waals surface area contributed by atoms with Crippen LogP contribution < -0.4 is 16.9 Å². The van der Waals surface area contributed by atoms with Gasteiger partial charge in [-0.25, -0.2) is 0 Å². The predicted octanol–water partition coefficient (Wildman–Crippen LogP) is 0.982. The van der Waals surface area contributed by atoms with Crippen molar-refractivity contribution in [2.75, 3.05) is 13.1 Å². The third kappa shape index (κ3) is 2.71. The molecule has 1 heterocycles. The highest BCUT2D eigenvalue weighted by molar-refractivity contribution is 5.97. The zero-order valence-corrected chi connectivity index (χ0v) is 13.0. The minimum Gasteiger partial charge on any atom is -0.382 e. The van der Waals surface area contributed by atoms with Crippen LogP contribution in [0.25, 0.3) is 0 Å². The number of nitrogens with one attached hydrogen (secondary N) is 1. The molecule has 1 aromatic carbocycles. The molecule has 3 fully saturated rings. The van der Waals surface area contributed by atoms with Gasteiger partial charge in [0.1, 0.15) is 5.84 Å². The average Bonchev–Trinajstić information content (AvgIpc) is 3.26. The van der Waals surface area contributed by atoms with E-state index in [1.165, 1.54) is 44.3 Å². The second-order valence-corrected chi connectivity index (χ2v) is 7.40. The highest BCUT2D eigenvalue weighted by Crippen LogP contribution is 2.49. The molecule has 0 aromatic heterocycles. The molecule has 3 aliphatic rings. The molecule has 118 valence electrons. The van der Waals surface area contributed by atoms with Crippen molar-refractivity contribution in [2.45, 2.75) is 44.3 Å². The van der Waals surface area contributed by atoms with Crippen molar-refractivity contribution in [1.29, 1.82) is 0 Å². The summed E-state index contributed by atoms with van der Waals surface area (Å²) in [5.41, 5.74) is 8.55. The van der Waals surface area contributed by atoms with Gasteiger partial charge in [-0.3, -0.25) is 4.90 Å². The molecule has 0 radical (unpaired) electrons. The average molecular weight is 299 g/mol. The number of nitrogens with zero attached hydrogens (tertiary/aromatic N) is 2. The van der Waals surface area contributed by atoms with E-state index < -0.39 is 0 Å². The lowest BCUT2D eigenvalue weighted by molar-refractivity contribution is -0.0832. The van der Waals surface area contributed by atoms with Gasteiger partial charge in [-0.1, -0.05) is 24.3 Å². The van der Waals surface area contributed by atoms with Crippen LogP contribution in [0.2, 0.25) is 0 Å². The molecule has 1 aromatic rings. The Kier molecular flexibility index (Phi) is 3.35. The van der Waals surface area contributed by atoms with Gasteiger partial charge < -0.3 is 16.9 Å². The highest BCUT2D eigenvalue weighted by Gasteiger charge is 2.52. The Hall–Kier alpha value is -1.59. The van der Waals surface area contributed by atoms with Gasteiger partial charge in [-0.15, -0.1) is 0 Å². The molecule has 1 aliphatic heterocycles. The van der Waals surface area contributed by atoms with Crippen LogP contribution in [0.3, 0.4) is 0 Å². The van der Waals surface area contributed by atoms with Crippen LogP contribution in [0.5, 0.6) is 0 Å². The first kappa shape index (κ1) is 14.0. The van der Waals surface area contributed by atoms with E-state index >= 15 is 0 Å². The molecule has 5 N–H and O–H groups in total. The minimum atomic E-state index is 0.387. The largest absolute Gasteiger partial charge is 0.382 e. The fourth-order valence-corrected chi connectivity index (χ4v) is 4.07. The Morgan fingerprint density at radius 3 is 2.45 bits per heavy atom. The van der Waals surface area contributed by atoms with Gasteiger partial charge in [-0.2, -0.15) is 5.10 Å². The zero-order chi connectivity index (χ0) is 15.2. The minimum absolute atomic E-state index is 0.387. The summed E-state index contributed by atoms with van der Waals surface area (Å²) in [6.07, 6.45) is 5.54. The summed E-state index contributed by atoms with van der Waals surface area (Å²) < 4.78 is 0. The Labute approximate surface area is 131 Å². The smallest absolute Gasteiger partial charge is 0.150 e. The molecule has 5 nitrogen and oxygen atoms in total. The summed E-state index contributed by atoms with van der Waals surface area (Å²) in [5, 5.41) is 7.27. The van der Waals surface area contributed by atoms with Crippen LogP contribution >= 0.6 is 0 Å². The van der Waals surface area contributed by atoms with Crippen molar-refractivity contribution < 1.29 is 0 Å². The summed E-state index contributed by atoms with van der Waals surface area (Å²) >= 11 is 0. The molecule has 0 atom stereocenters. The lowest BCUT2D eigenvalue weighted by Gasteiger charge is -2.59. The van der Waals surface area contributed by atoms with Crippen LogP contribution in [0.1, 0.15) is 36.8 Å². The maximum Gasteiger partial charge on any atom is 0.150 e. The van der Waals surface area contributed by atoms with Gasteiger partial charge in [0.15, 0.2) is 0 Å². The normalized spacial score (nSPS) is 25.0. The number of hydrazone groups is 1. The van der Waals surface area contributed by atoms with Crippen LogP contribution in [0.15, 0.2) is 29.4 Å². The summed E-state index contributed by atoms with van der Waals surface area (Å²) in [6.45, 7) is 3.54. The zero-order valence-electron chi connectivity index (χ0n) is 13.0. The first-order valence-electron chi connectivity index (χ1n) is 8.27. The van der Waals surface area contributed by atoms with Crippen molar-refractivity contribution in [3.8, 4) is 0 Å². The first-order valence-corrected chi connectivity index (χ1v) is 8.27. The molecule has 22 heavy (non-hydrogen) atoms. The fourth-order valence-electron chi connectivity index (χ4n) is 4.07. The van der Waals surface area contributed by atoms with Crippen molar-refractivity contribution in [3.05, 3.63) is 35.4 Å². The van der Waals surface area contributed by atoms with E-state index in [4.69, 9.17) is 11.6 Å². The van der Waals surface area contributed by atoms with Crippen LogP contribution in [0.4, 0.5) is 0 Å². The molecular weight excluding hydrogens is 274 g/mol. The molecule has 0 bridgehead atoms.